The van der Waals surface area contributed by atoms with Crippen molar-refractivity contribution in [2.45, 2.75) is 25.8 Å². The van der Waals surface area contributed by atoms with Gasteiger partial charge in [-0.25, -0.2) is 4.98 Å². The van der Waals surface area contributed by atoms with Crippen molar-refractivity contribution in [3.8, 4) is 11.1 Å². The number of rotatable bonds is 4. The lowest BCUT2D eigenvalue weighted by Gasteiger charge is -2.13. The fourth-order valence-corrected chi connectivity index (χ4v) is 3.49. The van der Waals surface area contributed by atoms with Crippen LogP contribution in [0.3, 0.4) is 0 Å². The third kappa shape index (κ3) is 2.60. The second-order valence-electron chi connectivity index (χ2n) is 6.20. The van der Waals surface area contributed by atoms with E-state index in [9.17, 15) is 4.79 Å². The van der Waals surface area contributed by atoms with E-state index in [1.807, 2.05) is 19.1 Å². The largest absolute Gasteiger partial charge is 0.350 e. The lowest BCUT2D eigenvalue weighted by Crippen LogP contribution is -2.24. The van der Waals surface area contributed by atoms with Crippen LogP contribution in [0.1, 0.15) is 35.0 Å². The molecule has 0 atom stereocenters. The number of benzene rings is 2. The standard InChI is InChI=1S/C20H19N3O/c1-13-21-11-14(23-13)12-22-20(24)10-19-17-8-4-2-6-15(17)16-7-3-5-9-18(16)19/h2-9,11,19H,10,12H2,1H3,(H,21,23)(H,22,24). The fourth-order valence-electron chi connectivity index (χ4n) is 3.49. The summed E-state index contributed by atoms with van der Waals surface area (Å²) in [6, 6.07) is 16.7. The van der Waals surface area contributed by atoms with Gasteiger partial charge in [-0.2, -0.15) is 0 Å². The van der Waals surface area contributed by atoms with Crippen LogP contribution in [0.4, 0.5) is 0 Å². The minimum Gasteiger partial charge on any atom is -0.350 e. The van der Waals surface area contributed by atoms with Crippen molar-refractivity contribution < 1.29 is 4.79 Å². The van der Waals surface area contributed by atoms with E-state index in [4.69, 9.17) is 0 Å². The maximum absolute atomic E-state index is 12.5. The maximum atomic E-state index is 12.5. The Bertz CT molecular complexity index is 852. The molecule has 0 fully saturated rings. The summed E-state index contributed by atoms with van der Waals surface area (Å²) in [6.07, 6.45) is 2.22. The van der Waals surface area contributed by atoms with Gasteiger partial charge in [-0.3, -0.25) is 4.79 Å². The van der Waals surface area contributed by atoms with Crippen LogP contribution >= 0.6 is 0 Å². The summed E-state index contributed by atoms with van der Waals surface area (Å²) in [4.78, 5) is 19.7. The Kier molecular flexibility index (Phi) is 3.65. The Labute approximate surface area is 141 Å². The van der Waals surface area contributed by atoms with Crippen molar-refractivity contribution in [3.63, 3.8) is 0 Å². The highest BCUT2D eigenvalue weighted by Crippen LogP contribution is 2.45. The summed E-state index contributed by atoms with van der Waals surface area (Å²) < 4.78 is 0. The minimum absolute atomic E-state index is 0.0544. The molecule has 1 aliphatic carbocycles. The number of hydrogen-bond donors (Lipinski definition) is 2. The average Bonchev–Trinajstić information content (AvgIpc) is 3.16. The third-order valence-corrected chi connectivity index (χ3v) is 4.58. The SMILES string of the molecule is Cc1ncc(CNC(=O)CC2c3ccccc3-c3ccccc32)[nH]1. The Morgan fingerprint density at radius 1 is 1.08 bits per heavy atom. The first-order valence-electron chi connectivity index (χ1n) is 8.18. The van der Waals surface area contributed by atoms with E-state index in [0.29, 0.717) is 13.0 Å². The summed E-state index contributed by atoms with van der Waals surface area (Å²) in [7, 11) is 0. The summed E-state index contributed by atoms with van der Waals surface area (Å²) in [5.74, 6) is 1.04. The predicted octanol–water partition coefficient (Wildman–Crippen LogP) is 3.54. The van der Waals surface area contributed by atoms with Crippen molar-refractivity contribution in [2.24, 2.45) is 0 Å². The number of aromatic amines is 1. The number of imidazole rings is 1. The first-order valence-corrected chi connectivity index (χ1v) is 8.18. The van der Waals surface area contributed by atoms with Gasteiger partial charge < -0.3 is 10.3 Å². The van der Waals surface area contributed by atoms with Crippen LogP contribution in [0.2, 0.25) is 0 Å². The number of carbonyl (C=O) groups is 1. The molecular formula is C20H19N3O. The second kappa shape index (κ2) is 5.96. The smallest absolute Gasteiger partial charge is 0.221 e. The molecule has 0 saturated carbocycles. The molecule has 0 spiro atoms. The third-order valence-electron chi connectivity index (χ3n) is 4.58. The number of aryl methyl sites for hydroxylation is 1. The van der Waals surface area contributed by atoms with E-state index in [2.05, 4.69) is 51.7 Å². The quantitative estimate of drug-likeness (QED) is 0.773. The van der Waals surface area contributed by atoms with Crippen LogP contribution in [-0.4, -0.2) is 15.9 Å². The van der Waals surface area contributed by atoms with Crippen LogP contribution in [0.25, 0.3) is 11.1 Å². The molecule has 120 valence electrons. The number of aromatic nitrogens is 2. The van der Waals surface area contributed by atoms with Gasteiger partial charge in [0.15, 0.2) is 0 Å². The molecule has 4 rings (SSSR count). The van der Waals surface area contributed by atoms with Gasteiger partial charge in [0, 0.05) is 12.3 Å². The highest BCUT2D eigenvalue weighted by molar-refractivity contribution is 5.84. The Balaban J connectivity index is 1.52. The van der Waals surface area contributed by atoms with E-state index in [0.717, 1.165) is 11.5 Å². The van der Waals surface area contributed by atoms with Gasteiger partial charge in [0.1, 0.15) is 5.82 Å². The second-order valence-corrected chi connectivity index (χ2v) is 6.20. The van der Waals surface area contributed by atoms with Crippen LogP contribution in [0.15, 0.2) is 54.7 Å². The van der Waals surface area contributed by atoms with E-state index >= 15 is 0 Å². The summed E-state index contributed by atoms with van der Waals surface area (Å²) in [6.45, 7) is 2.38. The van der Waals surface area contributed by atoms with Crippen molar-refractivity contribution in [1.29, 1.82) is 0 Å². The molecule has 0 bridgehead atoms. The van der Waals surface area contributed by atoms with Gasteiger partial charge in [-0.15, -0.1) is 0 Å². The molecule has 1 aliphatic rings. The molecule has 2 N–H and O–H groups in total. The van der Waals surface area contributed by atoms with E-state index in [-0.39, 0.29) is 11.8 Å². The molecule has 0 aliphatic heterocycles. The number of H-pyrrole nitrogens is 1. The molecular weight excluding hydrogens is 298 g/mol. The number of nitrogens with one attached hydrogen (secondary N) is 2. The van der Waals surface area contributed by atoms with Gasteiger partial charge in [-0.05, 0) is 29.2 Å². The van der Waals surface area contributed by atoms with E-state index in [1.54, 1.807) is 6.20 Å². The molecule has 0 unspecified atom stereocenters. The normalized spacial score (nSPS) is 12.7. The molecule has 24 heavy (non-hydrogen) atoms. The van der Waals surface area contributed by atoms with Crippen molar-refractivity contribution in [2.75, 3.05) is 0 Å². The van der Waals surface area contributed by atoms with Crippen LogP contribution in [0.5, 0.6) is 0 Å². The Morgan fingerprint density at radius 2 is 1.71 bits per heavy atom. The molecule has 0 saturated heterocycles. The van der Waals surface area contributed by atoms with Crippen LogP contribution in [-0.2, 0) is 11.3 Å². The first-order chi connectivity index (χ1) is 11.7. The number of carbonyl (C=O) groups excluding carboxylic acids is 1. The number of nitrogens with zero attached hydrogens (tertiary/aromatic N) is 1. The molecule has 4 heteroatoms. The summed E-state index contributed by atoms with van der Waals surface area (Å²) in [5, 5.41) is 2.99. The van der Waals surface area contributed by atoms with E-state index in [1.165, 1.54) is 22.3 Å². The highest BCUT2D eigenvalue weighted by Gasteiger charge is 2.29. The zero-order valence-electron chi connectivity index (χ0n) is 13.5. The van der Waals surface area contributed by atoms with Gasteiger partial charge in [-0.1, -0.05) is 48.5 Å². The molecule has 4 nitrogen and oxygen atoms in total. The lowest BCUT2D eigenvalue weighted by atomic mass is 9.93. The number of fused-ring (bicyclic) bond motifs is 3. The van der Waals surface area contributed by atoms with Gasteiger partial charge in [0.2, 0.25) is 5.91 Å². The highest BCUT2D eigenvalue weighted by atomic mass is 16.1. The molecule has 0 radical (unpaired) electrons. The topological polar surface area (TPSA) is 57.8 Å². The number of hydrogen-bond acceptors (Lipinski definition) is 2. The summed E-state index contributed by atoms with van der Waals surface area (Å²) in [5.41, 5.74) is 5.90. The molecule has 1 heterocycles. The van der Waals surface area contributed by atoms with Crippen molar-refractivity contribution in [3.05, 3.63) is 77.4 Å². The Morgan fingerprint density at radius 3 is 2.29 bits per heavy atom. The van der Waals surface area contributed by atoms with Crippen molar-refractivity contribution >= 4 is 5.91 Å². The Hall–Kier alpha value is -2.88. The predicted molar refractivity (Wildman–Crippen MR) is 93.5 cm³/mol. The van der Waals surface area contributed by atoms with Crippen LogP contribution in [0, 0.1) is 6.92 Å². The van der Waals surface area contributed by atoms with E-state index < -0.39 is 0 Å². The van der Waals surface area contributed by atoms with Gasteiger partial charge in [0.05, 0.1) is 18.4 Å². The number of amides is 1. The molecule has 1 amide bonds. The zero-order valence-corrected chi connectivity index (χ0v) is 13.5. The molecule has 1 aromatic heterocycles. The van der Waals surface area contributed by atoms with Crippen molar-refractivity contribution in [1.82, 2.24) is 15.3 Å². The average molecular weight is 317 g/mol. The van der Waals surface area contributed by atoms with Crippen LogP contribution < -0.4 is 5.32 Å². The summed E-state index contributed by atoms with van der Waals surface area (Å²) >= 11 is 0. The lowest BCUT2D eigenvalue weighted by molar-refractivity contribution is -0.121. The molecule has 3 aromatic rings. The minimum atomic E-state index is 0.0544. The fraction of sp³-hybridized carbons (Fsp3) is 0.200. The first kappa shape index (κ1) is 14.7. The molecule has 2 aromatic carbocycles. The van der Waals surface area contributed by atoms with Gasteiger partial charge >= 0.3 is 0 Å². The monoisotopic (exact) mass is 317 g/mol. The van der Waals surface area contributed by atoms with Gasteiger partial charge in [0.25, 0.3) is 0 Å². The zero-order chi connectivity index (χ0) is 16.5. The maximum Gasteiger partial charge on any atom is 0.221 e.